The Morgan fingerprint density at radius 1 is 0.758 bits per heavy atom. The summed E-state index contributed by atoms with van der Waals surface area (Å²) in [5.74, 6) is -4.43. The van der Waals surface area contributed by atoms with Crippen LogP contribution in [0.2, 0.25) is 0 Å². The number of carbonyl (C=O) groups is 3. The van der Waals surface area contributed by atoms with Gasteiger partial charge in [-0.05, 0) is 104 Å². The largest absolute Gasteiger partial charge is 0.481 e. The fraction of sp³-hybridized carbons (Fsp3) is 0.536. The van der Waals surface area contributed by atoms with Crippen LogP contribution in [0, 0.1) is 35.0 Å². The molecule has 0 amide bonds. The molecule has 1 aliphatic carbocycles. The maximum absolute atomic E-state index is 13.8. The Morgan fingerprint density at radius 2 is 1.32 bits per heavy atom. The molecule has 66 heavy (non-hydrogen) atoms. The summed E-state index contributed by atoms with van der Waals surface area (Å²) in [5.41, 5.74) is 1.59. The van der Waals surface area contributed by atoms with Crippen LogP contribution in [-0.4, -0.2) is 50.8 Å². The van der Waals surface area contributed by atoms with Gasteiger partial charge in [-0.1, -0.05) is 192 Å². The molecule has 0 bridgehead atoms. The van der Waals surface area contributed by atoms with Crippen LogP contribution in [0.1, 0.15) is 151 Å². The van der Waals surface area contributed by atoms with E-state index in [1.54, 1.807) is 11.8 Å². The number of allylic oxidation sites excluding steroid dienone is 2. The lowest BCUT2D eigenvalue weighted by Gasteiger charge is -2.35. The third-order valence-electron chi connectivity index (χ3n) is 13.4. The van der Waals surface area contributed by atoms with Crippen molar-refractivity contribution in [3.8, 4) is 0 Å². The predicted molar refractivity (Wildman–Crippen MR) is 279 cm³/mol. The highest BCUT2D eigenvalue weighted by molar-refractivity contribution is 8.47. The minimum atomic E-state index is -1.30. The van der Waals surface area contributed by atoms with E-state index in [0.29, 0.717) is 24.9 Å². The van der Waals surface area contributed by atoms with Crippen molar-refractivity contribution in [2.45, 2.75) is 134 Å². The fourth-order valence-corrected chi connectivity index (χ4v) is 12.5. The van der Waals surface area contributed by atoms with Crippen LogP contribution in [-0.2, 0) is 23.9 Å². The number of thioether (sulfide) groups is 2. The third-order valence-corrected chi connectivity index (χ3v) is 16.4. The highest BCUT2D eigenvalue weighted by Gasteiger charge is 2.44. The number of carboxylic acid groups (broad SMARTS) is 2. The second kappa shape index (κ2) is 29.9. The highest BCUT2D eigenvalue weighted by atomic mass is 32.2. The molecule has 1 aliphatic rings. The second-order valence-corrected chi connectivity index (χ2v) is 22.3. The molecular weight excluding hydrogens is 881 g/mol. The number of aliphatic carboxylic acids is 2. The average Bonchev–Trinajstić information content (AvgIpc) is 3.73. The quantitative estimate of drug-likeness (QED) is 0.0206. The zero-order valence-electron chi connectivity index (χ0n) is 39.7. The topological polar surface area (TPSA) is 110 Å². The van der Waals surface area contributed by atoms with Gasteiger partial charge in [0.05, 0.1) is 23.9 Å². The van der Waals surface area contributed by atoms with Gasteiger partial charge in [-0.25, -0.2) is 0 Å². The van der Waals surface area contributed by atoms with E-state index < -0.39 is 41.1 Å². The number of unbranched alkanes of at least 4 members (excludes halogenated alkanes) is 9. The molecule has 0 aromatic heterocycles. The van der Waals surface area contributed by atoms with Crippen LogP contribution in [0.4, 0.5) is 0 Å². The number of benzene rings is 3. The number of rotatable bonds is 32. The Kier molecular flexibility index (Phi) is 24.9. The number of hydrogen-bond donors (Lipinski definition) is 2. The van der Waals surface area contributed by atoms with Crippen molar-refractivity contribution in [2.75, 3.05) is 19.2 Å². The number of esters is 1. The van der Waals surface area contributed by atoms with Gasteiger partial charge in [-0.3, -0.25) is 14.4 Å². The molecule has 1 fully saturated rings. The summed E-state index contributed by atoms with van der Waals surface area (Å²) in [6.07, 6.45) is 19.2. The highest BCUT2D eigenvalue weighted by Crippen LogP contribution is 2.47. The van der Waals surface area contributed by atoms with Crippen molar-refractivity contribution in [3.63, 3.8) is 0 Å². The Balaban J connectivity index is 1.52. The summed E-state index contributed by atoms with van der Waals surface area (Å²) < 4.78 is 12.4. The standard InChI is InChI=1S/C56H76O7S3/c1-6-9-10-11-12-13-14-15-16-26-33-65-55(64)66-50(45-31-24-19-25-32-45)37-49(52(57)58)51(53(59)60)48(44-29-22-18-23-30-44)36-46(43-27-20-17-21-28-43)38-56(4,5)54(61)63-40-62-39-47-35-41(7-2)34-42(47)8-3/h7-8,17-25,27-32,41-42,46-51H,2-3,6,9-16,26,33-40H2,1,4-5H3,(H,57,58)(H,59,60). The molecule has 3 aromatic rings. The lowest BCUT2D eigenvalue weighted by atomic mass is 9.68. The molecule has 0 heterocycles. The van der Waals surface area contributed by atoms with E-state index in [-0.39, 0.29) is 36.7 Å². The fourth-order valence-electron chi connectivity index (χ4n) is 9.69. The normalized spacial score (nSPS) is 18.4. The van der Waals surface area contributed by atoms with E-state index in [0.717, 1.165) is 51.7 Å². The average molecular weight is 957 g/mol. The van der Waals surface area contributed by atoms with Gasteiger partial charge in [0, 0.05) is 5.25 Å². The van der Waals surface area contributed by atoms with Gasteiger partial charge in [-0.15, -0.1) is 24.9 Å². The molecule has 0 saturated heterocycles. The molecule has 7 nitrogen and oxygen atoms in total. The van der Waals surface area contributed by atoms with Gasteiger partial charge in [0.15, 0.2) is 6.79 Å². The number of carbonyl (C=O) groups excluding carboxylic acids is 1. The smallest absolute Gasteiger partial charge is 0.313 e. The van der Waals surface area contributed by atoms with E-state index in [1.165, 1.54) is 63.1 Å². The number of hydrogen-bond acceptors (Lipinski definition) is 8. The van der Waals surface area contributed by atoms with Gasteiger partial charge in [0.1, 0.15) is 3.53 Å². The van der Waals surface area contributed by atoms with Crippen molar-refractivity contribution in [2.24, 2.45) is 35.0 Å². The molecule has 1 saturated carbocycles. The first-order valence-corrected chi connectivity index (χ1v) is 26.6. The number of thiocarbonyl (C=S) groups is 1. The van der Waals surface area contributed by atoms with Crippen molar-refractivity contribution in [1.82, 2.24) is 0 Å². The lowest BCUT2D eigenvalue weighted by molar-refractivity contribution is -0.168. The molecule has 4 rings (SSSR count). The Morgan fingerprint density at radius 3 is 1.86 bits per heavy atom. The summed E-state index contributed by atoms with van der Waals surface area (Å²) in [7, 11) is 0. The maximum atomic E-state index is 13.8. The van der Waals surface area contributed by atoms with Crippen LogP contribution < -0.4 is 0 Å². The Labute approximate surface area is 410 Å². The first kappa shape index (κ1) is 54.9. The minimum absolute atomic E-state index is 0.0692. The van der Waals surface area contributed by atoms with Crippen molar-refractivity contribution in [3.05, 3.63) is 133 Å². The van der Waals surface area contributed by atoms with Crippen LogP contribution in [0.3, 0.4) is 0 Å². The summed E-state index contributed by atoms with van der Waals surface area (Å²) >= 11 is 9.04. The molecule has 2 N–H and O–H groups in total. The van der Waals surface area contributed by atoms with Gasteiger partial charge in [0.2, 0.25) is 0 Å². The zero-order valence-corrected chi connectivity index (χ0v) is 42.2. The van der Waals surface area contributed by atoms with Gasteiger partial charge >= 0.3 is 17.9 Å². The second-order valence-electron chi connectivity index (χ2n) is 18.8. The van der Waals surface area contributed by atoms with Crippen LogP contribution in [0.15, 0.2) is 116 Å². The number of ether oxygens (including phenoxy) is 2. The van der Waals surface area contributed by atoms with E-state index in [9.17, 15) is 24.6 Å². The molecule has 3 aromatic carbocycles. The minimum Gasteiger partial charge on any atom is -0.481 e. The monoisotopic (exact) mass is 956 g/mol. The van der Waals surface area contributed by atoms with E-state index >= 15 is 0 Å². The van der Waals surface area contributed by atoms with E-state index in [1.807, 2.05) is 117 Å². The molecule has 0 spiro atoms. The SMILES string of the molecule is C=CC1CC(C=C)C(COCOC(=O)C(C)(C)CC(CC(c2ccccc2)C(C(=O)O)C(CC(SC(=S)SCCCCCCCCCCCC)c2ccccc2)C(=O)O)c2ccccc2)C1. The zero-order chi connectivity index (χ0) is 47.7. The molecule has 360 valence electrons. The molecular formula is C56H76O7S3. The van der Waals surface area contributed by atoms with Gasteiger partial charge in [-0.2, -0.15) is 0 Å². The first-order valence-electron chi connectivity index (χ1n) is 24.3. The van der Waals surface area contributed by atoms with E-state index in [2.05, 4.69) is 20.1 Å². The molecule has 0 aliphatic heterocycles. The summed E-state index contributed by atoms with van der Waals surface area (Å²) in [6, 6.07) is 28.9. The molecule has 8 atom stereocenters. The van der Waals surface area contributed by atoms with Crippen molar-refractivity contribution < 1.29 is 34.1 Å². The summed E-state index contributed by atoms with van der Waals surface area (Å²) in [4.78, 5) is 41.2. The predicted octanol–water partition coefficient (Wildman–Crippen LogP) is 15.1. The van der Waals surface area contributed by atoms with Gasteiger partial charge in [0.25, 0.3) is 0 Å². The summed E-state index contributed by atoms with van der Waals surface area (Å²) in [5, 5.41) is 21.9. The molecule has 10 heteroatoms. The maximum Gasteiger partial charge on any atom is 0.313 e. The summed E-state index contributed by atoms with van der Waals surface area (Å²) in [6.45, 7) is 14.2. The molecule has 8 unspecified atom stereocenters. The van der Waals surface area contributed by atoms with Crippen molar-refractivity contribution >= 4 is 57.2 Å². The number of carboxylic acids is 2. The van der Waals surface area contributed by atoms with Crippen LogP contribution >= 0.6 is 35.7 Å². The Hall–Kier alpha value is -3.70. The van der Waals surface area contributed by atoms with Crippen LogP contribution in [0.5, 0.6) is 0 Å². The third kappa shape index (κ3) is 18.4. The first-order chi connectivity index (χ1) is 31.9. The van der Waals surface area contributed by atoms with Crippen LogP contribution in [0.25, 0.3) is 0 Å². The molecule has 0 radical (unpaired) electrons. The lowest BCUT2D eigenvalue weighted by Crippen LogP contribution is -2.37. The van der Waals surface area contributed by atoms with E-state index in [4.69, 9.17) is 21.7 Å². The Bertz CT molecular complexity index is 1910. The van der Waals surface area contributed by atoms with Crippen molar-refractivity contribution in [1.29, 1.82) is 0 Å². The van der Waals surface area contributed by atoms with Gasteiger partial charge < -0.3 is 19.7 Å².